The monoisotopic (exact) mass is 394 g/mol. The quantitative estimate of drug-likeness (QED) is 0.329. The lowest BCUT2D eigenvalue weighted by Gasteiger charge is -2.11. The second-order valence-electron chi connectivity index (χ2n) is 7.18. The Morgan fingerprint density at radius 2 is 1.37 bits per heavy atom. The summed E-state index contributed by atoms with van der Waals surface area (Å²) in [7, 11) is 0. The van der Waals surface area contributed by atoms with E-state index >= 15 is 0 Å². The van der Waals surface area contributed by atoms with Crippen LogP contribution in [0.2, 0.25) is 0 Å². The van der Waals surface area contributed by atoms with Crippen molar-refractivity contribution in [2.45, 2.75) is 6.92 Å². The van der Waals surface area contributed by atoms with E-state index in [2.05, 4.69) is 0 Å². The first-order chi connectivity index (χ1) is 14.5. The Morgan fingerprint density at radius 3 is 2.03 bits per heavy atom. The first-order valence-electron chi connectivity index (χ1n) is 9.64. The molecule has 0 atom stereocenters. The first-order valence-corrected chi connectivity index (χ1v) is 9.64. The van der Waals surface area contributed by atoms with Crippen LogP contribution >= 0.6 is 0 Å². The standard InChI is InChI=1S/C26H22N2O2/c1-17-14-24(30-23-7-3-6-22(28)16-23)12-13-25(17)18-8-10-19(11-9-18)26(29)20-4-2-5-21(27)15-20/h2-16H,27-28H2,1H3. The number of nitrogens with two attached hydrogens (primary N) is 2. The van der Waals surface area contributed by atoms with Crippen LogP contribution in [0.1, 0.15) is 21.5 Å². The molecule has 30 heavy (non-hydrogen) atoms. The highest BCUT2D eigenvalue weighted by Crippen LogP contribution is 2.30. The summed E-state index contributed by atoms with van der Waals surface area (Å²) in [6, 6.07) is 27.9. The number of carbonyl (C=O) groups excluding carboxylic acids is 1. The normalized spacial score (nSPS) is 10.6. The fourth-order valence-electron chi connectivity index (χ4n) is 3.39. The molecule has 0 aromatic heterocycles. The van der Waals surface area contributed by atoms with Crippen LogP contribution in [-0.4, -0.2) is 5.78 Å². The van der Waals surface area contributed by atoms with Crippen LogP contribution in [0, 0.1) is 6.92 Å². The van der Waals surface area contributed by atoms with Gasteiger partial charge in [-0.1, -0.05) is 48.5 Å². The fraction of sp³-hybridized carbons (Fsp3) is 0.0385. The summed E-state index contributed by atoms with van der Waals surface area (Å²) in [4.78, 5) is 12.7. The van der Waals surface area contributed by atoms with Gasteiger partial charge < -0.3 is 16.2 Å². The van der Waals surface area contributed by atoms with Crippen LogP contribution < -0.4 is 16.2 Å². The number of hydrogen-bond donors (Lipinski definition) is 2. The van der Waals surface area contributed by atoms with E-state index in [4.69, 9.17) is 16.2 Å². The average molecular weight is 394 g/mol. The molecule has 148 valence electrons. The minimum atomic E-state index is -0.0449. The van der Waals surface area contributed by atoms with Crippen molar-refractivity contribution in [3.8, 4) is 22.6 Å². The predicted octanol–water partition coefficient (Wildman–Crippen LogP) is 5.85. The lowest BCUT2D eigenvalue weighted by atomic mass is 9.97. The minimum absolute atomic E-state index is 0.0449. The molecule has 0 fully saturated rings. The van der Waals surface area contributed by atoms with Gasteiger partial charge in [-0.05, 0) is 60.0 Å². The Hall–Kier alpha value is -4.05. The Morgan fingerprint density at radius 1 is 0.700 bits per heavy atom. The van der Waals surface area contributed by atoms with E-state index in [9.17, 15) is 4.79 Å². The lowest BCUT2D eigenvalue weighted by molar-refractivity contribution is 0.103. The van der Waals surface area contributed by atoms with Crippen LogP contribution in [0.4, 0.5) is 11.4 Å². The Bertz CT molecular complexity index is 1210. The number of rotatable bonds is 5. The molecule has 0 spiro atoms. The molecule has 4 aromatic rings. The molecule has 0 aliphatic rings. The third kappa shape index (κ3) is 4.18. The molecule has 4 nitrogen and oxygen atoms in total. The van der Waals surface area contributed by atoms with Crippen molar-refractivity contribution in [2.24, 2.45) is 0 Å². The van der Waals surface area contributed by atoms with Crippen molar-refractivity contribution >= 4 is 17.2 Å². The predicted molar refractivity (Wildman–Crippen MR) is 122 cm³/mol. The van der Waals surface area contributed by atoms with Gasteiger partial charge in [-0.3, -0.25) is 4.79 Å². The topological polar surface area (TPSA) is 78.3 Å². The number of benzene rings is 4. The van der Waals surface area contributed by atoms with Crippen LogP contribution in [0.25, 0.3) is 11.1 Å². The molecule has 4 rings (SSSR count). The summed E-state index contributed by atoms with van der Waals surface area (Å²) in [5, 5.41) is 0. The zero-order valence-electron chi connectivity index (χ0n) is 16.6. The van der Waals surface area contributed by atoms with E-state index in [0.717, 1.165) is 22.4 Å². The largest absolute Gasteiger partial charge is 0.457 e. The molecule has 0 saturated heterocycles. The van der Waals surface area contributed by atoms with Gasteiger partial charge in [0.2, 0.25) is 0 Å². The van der Waals surface area contributed by atoms with Crippen LogP contribution in [0.5, 0.6) is 11.5 Å². The molecule has 0 saturated carbocycles. The molecule has 4 aromatic carbocycles. The average Bonchev–Trinajstić information content (AvgIpc) is 2.74. The molecule has 0 heterocycles. The zero-order chi connectivity index (χ0) is 21.1. The second-order valence-corrected chi connectivity index (χ2v) is 7.18. The van der Waals surface area contributed by atoms with Crippen molar-refractivity contribution in [2.75, 3.05) is 11.5 Å². The number of hydrogen-bond acceptors (Lipinski definition) is 4. The first kappa shape index (κ1) is 19.3. The lowest BCUT2D eigenvalue weighted by Crippen LogP contribution is -2.02. The highest BCUT2D eigenvalue weighted by atomic mass is 16.5. The number of carbonyl (C=O) groups is 1. The van der Waals surface area contributed by atoms with Crippen molar-refractivity contribution in [1.29, 1.82) is 0 Å². The third-order valence-electron chi connectivity index (χ3n) is 4.90. The maximum atomic E-state index is 12.7. The number of ether oxygens (including phenoxy) is 1. The van der Waals surface area contributed by atoms with Crippen molar-refractivity contribution in [1.82, 2.24) is 0 Å². The maximum absolute atomic E-state index is 12.7. The molecule has 0 bridgehead atoms. The van der Waals surface area contributed by atoms with E-state index < -0.39 is 0 Å². The van der Waals surface area contributed by atoms with Gasteiger partial charge in [0.1, 0.15) is 11.5 Å². The highest BCUT2D eigenvalue weighted by molar-refractivity contribution is 6.09. The summed E-state index contributed by atoms with van der Waals surface area (Å²) in [5.74, 6) is 1.40. The molecular weight excluding hydrogens is 372 g/mol. The van der Waals surface area contributed by atoms with Crippen molar-refractivity contribution in [3.05, 3.63) is 108 Å². The highest BCUT2D eigenvalue weighted by Gasteiger charge is 2.11. The molecule has 0 amide bonds. The van der Waals surface area contributed by atoms with Gasteiger partial charge in [0.15, 0.2) is 5.78 Å². The van der Waals surface area contributed by atoms with Crippen LogP contribution in [0.15, 0.2) is 91.0 Å². The minimum Gasteiger partial charge on any atom is -0.457 e. The maximum Gasteiger partial charge on any atom is 0.193 e. The summed E-state index contributed by atoms with van der Waals surface area (Å²) in [6.45, 7) is 2.04. The summed E-state index contributed by atoms with van der Waals surface area (Å²) in [6.07, 6.45) is 0. The van der Waals surface area contributed by atoms with Crippen LogP contribution in [-0.2, 0) is 0 Å². The number of nitrogen functional groups attached to an aromatic ring is 2. The fourth-order valence-corrected chi connectivity index (χ4v) is 3.39. The molecule has 0 aliphatic carbocycles. The molecule has 0 aliphatic heterocycles. The smallest absolute Gasteiger partial charge is 0.193 e. The van der Waals surface area contributed by atoms with E-state index in [1.165, 1.54) is 0 Å². The van der Waals surface area contributed by atoms with Crippen molar-refractivity contribution in [3.63, 3.8) is 0 Å². The van der Waals surface area contributed by atoms with E-state index in [1.807, 2.05) is 67.6 Å². The number of aryl methyl sites for hydroxylation is 1. The molecule has 4 heteroatoms. The number of anilines is 2. The molecular formula is C26H22N2O2. The summed E-state index contributed by atoms with van der Waals surface area (Å²) in [5.41, 5.74) is 17.2. The zero-order valence-corrected chi connectivity index (χ0v) is 16.6. The van der Waals surface area contributed by atoms with Gasteiger partial charge in [-0.25, -0.2) is 0 Å². The van der Waals surface area contributed by atoms with Gasteiger partial charge in [0.05, 0.1) is 0 Å². The van der Waals surface area contributed by atoms with Crippen molar-refractivity contribution < 1.29 is 9.53 Å². The third-order valence-corrected chi connectivity index (χ3v) is 4.90. The molecule has 4 N–H and O–H groups in total. The Balaban J connectivity index is 1.55. The van der Waals surface area contributed by atoms with Gasteiger partial charge in [-0.15, -0.1) is 0 Å². The van der Waals surface area contributed by atoms with E-state index in [0.29, 0.717) is 28.3 Å². The van der Waals surface area contributed by atoms with Gasteiger partial charge >= 0.3 is 0 Å². The van der Waals surface area contributed by atoms with Gasteiger partial charge in [0.25, 0.3) is 0 Å². The van der Waals surface area contributed by atoms with Gasteiger partial charge in [-0.2, -0.15) is 0 Å². The van der Waals surface area contributed by atoms with Crippen LogP contribution in [0.3, 0.4) is 0 Å². The Kier molecular flexibility index (Phi) is 5.22. The van der Waals surface area contributed by atoms with E-state index in [-0.39, 0.29) is 5.78 Å². The molecule has 0 radical (unpaired) electrons. The summed E-state index contributed by atoms with van der Waals surface area (Å²) >= 11 is 0. The number of ketones is 1. The van der Waals surface area contributed by atoms with E-state index in [1.54, 1.807) is 30.3 Å². The molecule has 0 unspecified atom stereocenters. The second kappa shape index (κ2) is 8.13. The summed E-state index contributed by atoms with van der Waals surface area (Å²) < 4.78 is 5.91. The van der Waals surface area contributed by atoms with Gasteiger partial charge in [0, 0.05) is 28.6 Å². The SMILES string of the molecule is Cc1cc(Oc2cccc(N)c2)ccc1-c1ccc(C(=O)c2cccc(N)c2)cc1. The Labute approximate surface area is 175 Å².